The van der Waals surface area contributed by atoms with E-state index in [1.54, 1.807) is 6.92 Å². The number of nitrogens with two attached hydrogens (primary N) is 1. The Kier molecular flexibility index (Phi) is 7.34. The summed E-state index contributed by atoms with van der Waals surface area (Å²) in [4.78, 5) is 11.8. The molecule has 4 heteroatoms. The van der Waals surface area contributed by atoms with Crippen molar-refractivity contribution < 1.29 is 9.90 Å². The van der Waals surface area contributed by atoms with E-state index in [9.17, 15) is 9.90 Å². The fraction of sp³-hybridized carbons (Fsp3) is 0.917. The maximum atomic E-state index is 11.8. The molecule has 0 aliphatic heterocycles. The standard InChI is InChI=1S/C12H26N2O2/c1-8(2)5-11(7-13)12(16)14-9(3)6-10(4)15/h8-11,15H,5-7,13H2,1-4H3,(H,14,16). The number of aliphatic hydroxyl groups is 1. The van der Waals surface area contributed by atoms with Crippen LogP contribution in [0.2, 0.25) is 0 Å². The monoisotopic (exact) mass is 230 g/mol. The highest BCUT2D eigenvalue weighted by Gasteiger charge is 2.19. The predicted octanol–water partition coefficient (Wildman–Crippen LogP) is 0.883. The van der Waals surface area contributed by atoms with Gasteiger partial charge in [0.15, 0.2) is 0 Å². The van der Waals surface area contributed by atoms with Crippen LogP contribution in [0.25, 0.3) is 0 Å². The smallest absolute Gasteiger partial charge is 0.224 e. The number of carbonyl (C=O) groups excluding carboxylic acids is 1. The summed E-state index contributed by atoms with van der Waals surface area (Å²) in [6.07, 6.45) is 0.991. The zero-order valence-electron chi connectivity index (χ0n) is 10.9. The minimum absolute atomic E-state index is 0.00403. The average Bonchev–Trinajstić information content (AvgIpc) is 2.11. The van der Waals surface area contributed by atoms with Gasteiger partial charge in [-0.05, 0) is 32.6 Å². The van der Waals surface area contributed by atoms with Crippen molar-refractivity contribution in [3.63, 3.8) is 0 Å². The van der Waals surface area contributed by atoms with E-state index in [0.717, 1.165) is 6.42 Å². The minimum Gasteiger partial charge on any atom is -0.393 e. The number of rotatable bonds is 7. The molecule has 0 aromatic rings. The van der Waals surface area contributed by atoms with Crippen molar-refractivity contribution >= 4 is 5.91 Å². The normalized spacial score (nSPS) is 16.9. The lowest BCUT2D eigenvalue weighted by atomic mass is 9.96. The van der Waals surface area contributed by atoms with Crippen LogP contribution in [0.3, 0.4) is 0 Å². The van der Waals surface area contributed by atoms with Crippen LogP contribution < -0.4 is 11.1 Å². The van der Waals surface area contributed by atoms with Crippen molar-refractivity contribution in [1.82, 2.24) is 5.32 Å². The summed E-state index contributed by atoms with van der Waals surface area (Å²) < 4.78 is 0. The van der Waals surface area contributed by atoms with Crippen LogP contribution in [-0.2, 0) is 4.79 Å². The van der Waals surface area contributed by atoms with Gasteiger partial charge < -0.3 is 16.2 Å². The Morgan fingerprint density at radius 2 is 1.81 bits per heavy atom. The third-order valence-corrected chi connectivity index (χ3v) is 2.49. The summed E-state index contributed by atoms with van der Waals surface area (Å²) in [5, 5.41) is 12.1. The molecule has 1 amide bonds. The quantitative estimate of drug-likeness (QED) is 0.608. The van der Waals surface area contributed by atoms with E-state index < -0.39 is 6.10 Å². The van der Waals surface area contributed by atoms with E-state index in [0.29, 0.717) is 18.9 Å². The van der Waals surface area contributed by atoms with Crippen molar-refractivity contribution in [3.05, 3.63) is 0 Å². The average molecular weight is 230 g/mol. The van der Waals surface area contributed by atoms with Crippen LogP contribution >= 0.6 is 0 Å². The van der Waals surface area contributed by atoms with E-state index >= 15 is 0 Å². The lowest BCUT2D eigenvalue weighted by Gasteiger charge is -2.21. The molecule has 0 spiro atoms. The number of nitrogens with one attached hydrogen (secondary N) is 1. The summed E-state index contributed by atoms with van der Waals surface area (Å²) in [6, 6.07) is -0.00582. The number of aliphatic hydroxyl groups excluding tert-OH is 1. The van der Waals surface area contributed by atoms with Crippen molar-refractivity contribution in [2.75, 3.05) is 6.54 Å². The molecular weight excluding hydrogens is 204 g/mol. The number of amides is 1. The van der Waals surface area contributed by atoms with Crippen LogP contribution in [-0.4, -0.2) is 29.7 Å². The van der Waals surface area contributed by atoms with Gasteiger partial charge in [0.1, 0.15) is 0 Å². The molecule has 0 rings (SSSR count). The second kappa shape index (κ2) is 7.63. The topological polar surface area (TPSA) is 75.4 Å². The van der Waals surface area contributed by atoms with E-state index in [4.69, 9.17) is 5.73 Å². The molecule has 0 aromatic carbocycles. The first-order valence-corrected chi connectivity index (χ1v) is 6.05. The minimum atomic E-state index is -0.392. The van der Waals surface area contributed by atoms with Gasteiger partial charge in [0.2, 0.25) is 5.91 Å². The van der Waals surface area contributed by atoms with Gasteiger partial charge in [-0.1, -0.05) is 13.8 Å². The molecule has 3 atom stereocenters. The lowest BCUT2D eigenvalue weighted by Crippen LogP contribution is -2.41. The highest BCUT2D eigenvalue weighted by Crippen LogP contribution is 2.11. The fourth-order valence-corrected chi connectivity index (χ4v) is 1.81. The molecule has 3 unspecified atom stereocenters. The molecule has 96 valence electrons. The van der Waals surface area contributed by atoms with Crippen LogP contribution in [0.1, 0.15) is 40.5 Å². The maximum absolute atomic E-state index is 11.8. The summed E-state index contributed by atoms with van der Waals surface area (Å²) >= 11 is 0. The molecule has 0 aliphatic carbocycles. The largest absolute Gasteiger partial charge is 0.393 e. The third-order valence-electron chi connectivity index (χ3n) is 2.49. The van der Waals surface area contributed by atoms with Crippen molar-refractivity contribution in [2.24, 2.45) is 17.6 Å². The van der Waals surface area contributed by atoms with Crippen LogP contribution in [0.4, 0.5) is 0 Å². The van der Waals surface area contributed by atoms with E-state index in [1.807, 2.05) is 6.92 Å². The summed E-state index contributed by atoms with van der Waals surface area (Å²) in [7, 11) is 0. The molecule has 0 aromatic heterocycles. The second-order valence-electron chi connectivity index (χ2n) is 5.06. The van der Waals surface area contributed by atoms with Gasteiger partial charge >= 0.3 is 0 Å². The van der Waals surface area contributed by atoms with Gasteiger partial charge in [0.05, 0.1) is 12.0 Å². The third kappa shape index (κ3) is 6.80. The summed E-state index contributed by atoms with van der Waals surface area (Å²) in [5.74, 6) is 0.354. The van der Waals surface area contributed by atoms with Gasteiger partial charge in [-0.3, -0.25) is 4.79 Å². The molecular formula is C12H26N2O2. The van der Waals surface area contributed by atoms with Crippen molar-refractivity contribution in [2.45, 2.75) is 52.7 Å². The SMILES string of the molecule is CC(C)CC(CN)C(=O)NC(C)CC(C)O. The number of hydrogen-bond acceptors (Lipinski definition) is 3. The highest BCUT2D eigenvalue weighted by molar-refractivity contribution is 5.79. The molecule has 0 fully saturated rings. The molecule has 0 saturated carbocycles. The van der Waals surface area contributed by atoms with Gasteiger partial charge in [0.25, 0.3) is 0 Å². The predicted molar refractivity (Wildman–Crippen MR) is 65.9 cm³/mol. The molecule has 0 aliphatic rings. The Balaban J connectivity index is 4.10. The Morgan fingerprint density at radius 3 is 2.19 bits per heavy atom. The first-order valence-electron chi connectivity index (χ1n) is 6.05. The molecule has 0 bridgehead atoms. The first kappa shape index (κ1) is 15.4. The van der Waals surface area contributed by atoms with Crippen molar-refractivity contribution in [1.29, 1.82) is 0 Å². The highest BCUT2D eigenvalue weighted by atomic mass is 16.3. The molecule has 0 saturated heterocycles. The van der Waals surface area contributed by atoms with E-state index in [2.05, 4.69) is 19.2 Å². The van der Waals surface area contributed by atoms with Gasteiger partial charge in [-0.2, -0.15) is 0 Å². The van der Waals surface area contributed by atoms with Crippen LogP contribution in [0.5, 0.6) is 0 Å². The Bertz CT molecular complexity index is 205. The summed E-state index contributed by atoms with van der Waals surface area (Å²) in [5.41, 5.74) is 5.59. The lowest BCUT2D eigenvalue weighted by molar-refractivity contribution is -0.125. The van der Waals surface area contributed by atoms with Gasteiger partial charge in [0, 0.05) is 12.6 Å². The molecule has 4 N–H and O–H groups in total. The number of carbonyl (C=O) groups is 1. The fourth-order valence-electron chi connectivity index (χ4n) is 1.81. The number of hydrogen-bond donors (Lipinski definition) is 3. The first-order chi connectivity index (χ1) is 7.36. The molecule has 0 radical (unpaired) electrons. The Morgan fingerprint density at radius 1 is 1.25 bits per heavy atom. The summed E-state index contributed by atoms with van der Waals surface area (Å²) in [6.45, 7) is 8.15. The molecule has 4 nitrogen and oxygen atoms in total. The Hall–Kier alpha value is -0.610. The van der Waals surface area contributed by atoms with E-state index in [-0.39, 0.29) is 17.9 Å². The van der Waals surface area contributed by atoms with Gasteiger partial charge in [-0.15, -0.1) is 0 Å². The zero-order chi connectivity index (χ0) is 12.7. The zero-order valence-corrected chi connectivity index (χ0v) is 10.9. The Labute approximate surface area is 98.6 Å². The van der Waals surface area contributed by atoms with Crippen LogP contribution in [0.15, 0.2) is 0 Å². The second-order valence-corrected chi connectivity index (χ2v) is 5.06. The maximum Gasteiger partial charge on any atom is 0.224 e. The van der Waals surface area contributed by atoms with E-state index in [1.165, 1.54) is 0 Å². The van der Waals surface area contributed by atoms with Crippen LogP contribution in [0, 0.1) is 11.8 Å². The van der Waals surface area contributed by atoms with Gasteiger partial charge in [-0.25, -0.2) is 0 Å². The van der Waals surface area contributed by atoms with Crippen molar-refractivity contribution in [3.8, 4) is 0 Å². The molecule has 16 heavy (non-hydrogen) atoms. The molecule has 0 heterocycles.